The van der Waals surface area contributed by atoms with Crippen molar-refractivity contribution in [2.45, 2.75) is 0 Å². The van der Waals surface area contributed by atoms with Crippen molar-refractivity contribution in [3.8, 4) is 0 Å². The summed E-state index contributed by atoms with van der Waals surface area (Å²) in [6.07, 6.45) is 0. The summed E-state index contributed by atoms with van der Waals surface area (Å²) in [5.74, 6) is -0.473. The van der Waals surface area contributed by atoms with Crippen molar-refractivity contribution in [1.82, 2.24) is 0 Å². The molecule has 0 heterocycles. The molecule has 0 fully saturated rings. The highest BCUT2D eigenvalue weighted by Crippen LogP contribution is 2.53. The van der Waals surface area contributed by atoms with Gasteiger partial charge < -0.3 is 10.5 Å². The van der Waals surface area contributed by atoms with Crippen LogP contribution in [0, 0.1) is 5.92 Å². The second-order valence-corrected chi connectivity index (χ2v) is 4.95. The van der Waals surface area contributed by atoms with Gasteiger partial charge in [0.2, 0.25) is 0 Å². The molecule has 0 amide bonds. The van der Waals surface area contributed by atoms with Crippen molar-refractivity contribution in [3.05, 3.63) is 71.8 Å². The van der Waals surface area contributed by atoms with E-state index in [1.54, 1.807) is 0 Å². The third-order valence-corrected chi connectivity index (χ3v) is 3.55. The van der Waals surface area contributed by atoms with E-state index in [2.05, 4.69) is 0 Å². The molecular formula is C18H17NO2. The minimum absolute atomic E-state index is 0.210. The van der Waals surface area contributed by atoms with Crippen LogP contribution in [-0.4, -0.2) is 19.1 Å². The Hall–Kier alpha value is -2.39. The van der Waals surface area contributed by atoms with E-state index >= 15 is 0 Å². The predicted molar refractivity (Wildman–Crippen MR) is 83.2 cm³/mol. The number of carbonyl (C=O) groups excluding carboxylic acids is 1. The monoisotopic (exact) mass is 279 g/mol. The molecule has 106 valence electrons. The van der Waals surface area contributed by atoms with Gasteiger partial charge in [0.15, 0.2) is 0 Å². The van der Waals surface area contributed by atoms with Crippen molar-refractivity contribution >= 4 is 17.1 Å². The molecule has 0 saturated heterocycles. The first-order valence-electron chi connectivity index (χ1n) is 7.04. The summed E-state index contributed by atoms with van der Waals surface area (Å²) in [5, 5.41) is 0. The van der Waals surface area contributed by atoms with Crippen molar-refractivity contribution in [2.75, 3.05) is 13.2 Å². The second kappa shape index (κ2) is 5.94. The Bertz CT molecular complexity index is 613. The standard InChI is InChI=1S/C18H17NO2/c19-11-12-21-18(20)17-15(13-7-3-1-4-8-13)16(17)14-9-5-2-6-10-14/h1-10,17H,11-12,19H2. The number of hydrogen-bond donors (Lipinski definition) is 1. The number of nitrogens with two attached hydrogens (primary N) is 1. The summed E-state index contributed by atoms with van der Waals surface area (Å²) in [6.45, 7) is 0.610. The molecule has 1 aliphatic carbocycles. The highest BCUT2D eigenvalue weighted by Gasteiger charge is 2.44. The van der Waals surface area contributed by atoms with Gasteiger partial charge in [-0.1, -0.05) is 60.7 Å². The molecule has 3 heteroatoms. The van der Waals surface area contributed by atoms with Gasteiger partial charge in [-0.25, -0.2) is 0 Å². The Morgan fingerprint density at radius 2 is 1.38 bits per heavy atom. The van der Waals surface area contributed by atoms with Crippen LogP contribution in [0.2, 0.25) is 0 Å². The summed E-state index contributed by atoms with van der Waals surface area (Å²) in [7, 11) is 0. The molecule has 2 aromatic rings. The van der Waals surface area contributed by atoms with Crippen LogP contribution in [0.1, 0.15) is 11.1 Å². The molecule has 0 aliphatic heterocycles. The minimum atomic E-state index is -0.263. The number of esters is 1. The molecule has 0 aromatic heterocycles. The second-order valence-electron chi connectivity index (χ2n) is 4.95. The first-order chi connectivity index (χ1) is 10.3. The molecule has 2 aromatic carbocycles. The molecule has 0 bridgehead atoms. The van der Waals surface area contributed by atoms with Crippen LogP contribution in [0.25, 0.3) is 11.1 Å². The molecule has 0 saturated carbocycles. The fourth-order valence-corrected chi connectivity index (χ4v) is 2.58. The van der Waals surface area contributed by atoms with Crippen molar-refractivity contribution in [1.29, 1.82) is 0 Å². The SMILES string of the molecule is NCCOC(=O)C1C(c2ccccc2)=C1c1ccccc1. The quantitative estimate of drug-likeness (QED) is 0.856. The highest BCUT2D eigenvalue weighted by molar-refractivity contribution is 6.22. The highest BCUT2D eigenvalue weighted by atomic mass is 16.5. The summed E-state index contributed by atoms with van der Waals surface area (Å²) in [5.41, 5.74) is 9.67. The van der Waals surface area contributed by atoms with Crippen LogP contribution in [0.3, 0.4) is 0 Å². The van der Waals surface area contributed by atoms with Crippen LogP contribution in [0.15, 0.2) is 60.7 Å². The molecular weight excluding hydrogens is 262 g/mol. The Kier molecular flexibility index (Phi) is 3.84. The van der Waals surface area contributed by atoms with Gasteiger partial charge in [-0.3, -0.25) is 4.79 Å². The lowest BCUT2D eigenvalue weighted by molar-refractivity contribution is -0.143. The van der Waals surface area contributed by atoms with Crippen LogP contribution >= 0.6 is 0 Å². The molecule has 3 rings (SSSR count). The van der Waals surface area contributed by atoms with Crippen molar-refractivity contribution in [2.24, 2.45) is 11.7 Å². The molecule has 0 radical (unpaired) electrons. The number of ether oxygens (including phenoxy) is 1. The zero-order valence-corrected chi connectivity index (χ0v) is 11.7. The number of carbonyl (C=O) groups is 1. The van der Waals surface area contributed by atoms with E-state index in [-0.39, 0.29) is 18.5 Å². The summed E-state index contributed by atoms with van der Waals surface area (Å²) in [4.78, 5) is 12.2. The van der Waals surface area contributed by atoms with Gasteiger partial charge in [0.05, 0.1) is 0 Å². The predicted octanol–water partition coefficient (Wildman–Crippen LogP) is 2.73. The van der Waals surface area contributed by atoms with Crippen LogP contribution < -0.4 is 5.73 Å². The summed E-state index contributed by atoms with van der Waals surface area (Å²) in [6, 6.07) is 19.9. The van der Waals surface area contributed by atoms with Gasteiger partial charge in [0.25, 0.3) is 0 Å². The topological polar surface area (TPSA) is 52.3 Å². The fourth-order valence-electron chi connectivity index (χ4n) is 2.58. The van der Waals surface area contributed by atoms with Gasteiger partial charge in [-0.15, -0.1) is 0 Å². The van der Waals surface area contributed by atoms with E-state index in [0.717, 1.165) is 22.3 Å². The maximum atomic E-state index is 12.2. The molecule has 0 atom stereocenters. The lowest BCUT2D eigenvalue weighted by atomic mass is 10.1. The average molecular weight is 279 g/mol. The van der Waals surface area contributed by atoms with Crippen LogP contribution in [0.5, 0.6) is 0 Å². The minimum Gasteiger partial charge on any atom is -0.464 e. The van der Waals surface area contributed by atoms with Gasteiger partial charge >= 0.3 is 5.97 Å². The lowest BCUT2D eigenvalue weighted by Gasteiger charge is -2.04. The molecule has 1 aliphatic rings. The summed E-state index contributed by atoms with van der Waals surface area (Å²) >= 11 is 0. The normalized spacial score (nSPS) is 14.1. The zero-order chi connectivity index (χ0) is 14.7. The maximum Gasteiger partial charge on any atom is 0.318 e. The van der Waals surface area contributed by atoms with E-state index < -0.39 is 0 Å². The number of hydrogen-bond acceptors (Lipinski definition) is 3. The molecule has 3 nitrogen and oxygen atoms in total. The lowest BCUT2D eigenvalue weighted by Crippen LogP contribution is -2.16. The van der Waals surface area contributed by atoms with Crippen molar-refractivity contribution in [3.63, 3.8) is 0 Å². The fraction of sp³-hybridized carbons (Fsp3) is 0.167. The largest absolute Gasteiger partial charge is 0.464 e. The smallest absolute Gasteiger partial charge is 0.318 e. The van der Waals surface area contributed by atoms with Gasteiger partial charge in [0, 0.05) is 6.54 Å². The average Bonchev–Trinajstić information content (AvgIpc) is 3.30. The third-order valence-electron chi connectivity index (χ3n) is 3.55. The molecule has 21 heavy (non-hydrogen) atoms. The molecule has 0 unspecified atom stereocenters. The molecule has 2 N–H and O–H groups in total. The Balaban J connectivity index is 1.91. The van der Waals surface area contributed by atoms with E-state index in [4.69, 9.17) is 10.5 Å². The third kappa shape index (κ3) is 2.73. The number of benzene rings is 2. The van der Waals surface area contributed by atoms with E-state index in [1.165, 1.54) is 0 Å². The van der Waals surface area contributed by atoms with Gasteiger partial charge in [-0.05, 0) is 22.3 Å². The van der Waals surface area contributed by atoms with E-state index in [9.17, 15) is 4.79 Å². The Labute approximate surface area is 124 Å². The first-order valence-corrected chi connectivity index (χ1v) is 7.04. The number of rotatable bonds is 5. The van der Waals surface area contributed by atoms with Crippen LogP contribution in [-0.2, 0) is 9.53 Å². The van der Waals surface area contributed by atoms with Gasteiger partial charge in [-0.2, -0.15) is 0 Å². The maximum absolute atomic E-state index is 12.2. The zero-order valence-electron chi connectivity index (χ0n) is 11.7. The van der Waals surface area contributed by atoms with E-state index in [0.29, 0.717) is 6.54 Å². The van der Waals surface area contributed by atoms with E-state index in [1.807, 2.05) is 60.7 Å². The van der Waals surface area contributed by atoms with Crippen molar-refractivity contribution < 1.29 is 9.53 Å². The first kappa shape index (κ1) is 13.6. The molecule has 0 spiro atoms. The van der Waals surface area contributed by atoms with Gasteiger partial charge in [0.1, 0.15) is 12.5 Å². The summed E-state index contributed by atoms with van der Waals surface area (Å²) < 4.78 is 5.21. The van der Waals surface area contributed by atoms with Crippen LogP contribution in [0.4, 0.5) is 0 Å². The Morgan fingerprint density at radius 3 is 1.81 bits per heavy atom. The Morgan fingerprint density at radius 1 is 0.905 bits per heavy atom.